The standard InChI is InChI=1S/C9H14N2O3/c1-2-3-13-4-5-14-9(12)11-7-8(11)6-10/h8H,2-5,7H2,1H3. The van der Waals surface area contributed by atoms with Crippen LogP contribution in [0.3, 0.4) is 0 Å². The molecule has 1 rings (SSSR count). The number of carbonyl (C=O) groups is 1. The SMILES string of the molecule is CCCOCCOC(=O)N1CC1C#N. The van der Waals surface area contributed by atoms with Crippen molar-refractivity contribution in [2.45, 2.75) is 19.4 Å². The Hall–Kier alpha value is -1.28. The van der Waals surface area contributed by atoms with Gasteiger partial charge in [-0.3, -0.25) is 4.90 Å². The molecule has 5 heteroatoms. The van der Waals surface area contributed by atoms with Crippen LogP contribution in [0.5, 0.6) is 0 Å². The predicted octanol–water partition coefficient (Wildman–Crippen LogP) is 0.757. The monoisotopic (exact) mass is 198 g/mol. The molecule has 5 nitrogen and oxygen atoms in total. The van der Waals surface area contributed by atoms with E-state index >= 15 is 0 Å². The molecule has 0 saturated carbocycles. The molecule has 0 bridgehead atoms. The molecule has 0 aromatic rings. The van der Waals surface area contributed by atoms with E-state index < -0.39 is 6.09 Å². The number of hydrogen-bond acceptors (Lipinski definition) is 4. The van der Waals surface area contributed by atoms with E-state index in [9.17, 15) is 4.79 Å². The van der Waals surface area contributed by atoms with Crippen LogP contribution in [-0.4, -0.2) is 43.4 Å². The fourth-order valence-corrected chi connectivity index (χ4v) is 0.969. The van der Waals surface area contributed by atoms with Gasteiger partial charge in [-0.15, -0.1) is 0 Å². The van der Waals surface area contributed by atoms with E-state index in [-0.39, 0.29) is 12.6 Å². The first-order chi connectivity index (χ1) is 6.79. The summed E-state index contributed by atoms with van der Waals surface area (Å²) in [4.78, 5) is 12.5. The van der Waals surface area contributed by atoms with Gasteiger partial charge in [0, 0.05) is 6.61 Å². The minimum Gasteiger partial charge on any atom is -0.447 e. The molecule has 0 aromatic heterocycles. The molecule has 1 atom stereocenters. The maximum atomic E-state index is 11.1. The van der Waals surface area contributed by atoms with E-state index in [0.29, 0.717) is 19.8 Å². The number of carbonyl (C=O) groups excluding carboxylic acids is 1. The van der Waals surface area contributed by atoms with Crippen molar-refractivity contribution in [1.82, 2.24) is 4.90 Å². The van der Waals surface area contributed by atoms with E-state index in [4.69, 9.17) is 14.7 Å². The van der Waals surface area contributed by atoms with Crippen LogP contribution in [0, 0.1) is 11.3 Å². The molecular weight excluding hydrogens is 184 g/mol. The van der Waals surface area contributed by atoms with Crippen molar-refractivity contribution in [3.05, 3.63) is 0 Å². The molecule has 1 fully saturated rings. The van der Waals surface area contributed by atoms with Crippen molar-refractivity contribution in [2.24, 2.45) is 0 Å². The second-order valence-corrected chi connectivity index (χ2v) is 3.02. The topological polar surface area (TPSA) is 62.3 Å². The molecule has 0 aliphatic carbocycles. The minimum absolute atomic E-state index is 0.257. The lowest BCUT2D eigenvalue weighted by molar-refractivity contribution is 0.0666. The predicted molar refractivity (Wildman–Crippen MR) is 48.6 cm³/mol. The first-order valence-electron chi connectivity index (χ1n) is 4.70. The Morgan fingerprint density at radius 3 is 2.93 bits per heavy atom. The van der Waals surface area contributed by atoms with Crippen LogP contribution in [0.1, 0.15) is 13.3 Å². The Bertz CT molecular complexity index is 237. The Morgan fingerprint density at radius 1 is 1.57 bits per heavy atom. The average molecular weight is 198 g/mol. The average Bonchev–Trinajstić information content (AvgIpc) is 2.96. The lowest BCUT2D eigenvalue weighted by atomic mass is 10.5. The lowest BCUT2D eigenvalue weighted by Gasteiger charge is -2.05. The highest BCUT2D eigenvalue weighted by molar-refractivity contribution is 5.71. The van der Waals surface area contributed by atoms with Crippen molar-refractivity contribution >= 4 is 6.09 Å². The molecule has 0 N–H and O–H groups in total. The molecule has 1 aliphatic heterocycles. The van der Waals surface area contributed by atoms with Gasteiger partial charge in [0.1, 0.15) is 12.6 Å². The van der Waals surface area contributed by atoms with Crippen LogP contribution in [0.15, 0.2) is 0 Å². The van der Waals surface area contributed by atoms with Crippen LogP contribution in [-0.2, 0) is 9.47 Å². The molecule has 0 radical (unpaired) electrons. The third-order valence-electron chi connectivity index (χ3n) is 1.80. The number of rotatable bonds is 5. The zero-order chi connectivity index (χ0) is 10.4. The summed E-state index contributed by atoms with van der Waals surface area (Å²) < 4.78 is 9.98. The number of amides is 1. The third kappa shape index (κ3) is 3.23. The molecule has 0 spiro atoms. The number of nitriles is 1. The molecule has 1 amide bonds. The maximum Gasteiger partial charge on any atom is 0.411 e. The zero-order valence-electron chi connectivity index (χ0n) is 8.23. The smallest absolute Gasteiger partial charge is 0.411 e. The quantitative estimate of drug-likeness (QED) is 0.483. The summed E-state index contributed by atoms with van der Waals surface area (Å²) in [6, 6.07) is 1.70. The summed E-state index contributed by atoms with van der Waals surface area (Å²) in [5.41, 5.74) is 0. The van der Waals surface area contributed by atoms with Crippen molar-refractivity contribution in [2.75, 3.05) is 26.4 Å². The molecule has 78 valence electrons. The van der Waals surface area contributed by atoms with Crippen molar-refractivity contribution in [3.8, 4) is 6.07 Å². The number of ether oxygens (including phenoxy) is 2. The molecule has 1 heterocycles. The van der Waals surface area contributed by atoms with Gasteiger partial charge < -0.3 is 9.47 Å². The largest absolute Gasteiger partial charge is 0.447 e. The van der Waals surface area contributed by atoms with E-state index in [1.165, 1.54) is 4.90 Å². The van der Waals surface area contributed by atoms with Gasteiger partial charge in [0.25, 0.3) is 0 Å². The van der Waals surface area contributed by atoms with Crippen molar-refractivity contribution in [3.63, 3.8) is 0 Å². The summed E-state index contributed by atoms with van der Waals surface area (Å²) in [6.45, 7) is 3.87. The van der Waals surface area contributed by atoms with Crippen molar-refractivity contribution < 1.29 is 14.3 Å². The van der Waals surface area contributed by atoms with Gasteiger partial charge in [-0.1, -0.05) is 6.92 Å². The van der Waals surface area contributed by atoms with Crippen LogP contribution in [0.4, 0.5) is 4.79 Å². The number of hydrogen-bond donors (Lipinski definition) is 0. The highest BCUT2D eigenvalue weighted by Crippen LogP contribution is 2.16. The Balaban J connectivity index is 1.97. The van der Waals surface area contributed by atoms with Crippen molar-refractivity contribution in [1.29, 1.82) is 5.26 Å². The first-order valence-corrected chi connectivity index (χ1v) is 4.70. The Morgan fingerprint density at radius 2 is 2.36 bits per heavy atom. The van der Waals surface area contributed by atoms with E-state index in [2.05, 4.69) is 0 Å². The summed E-state index contributed by atoms with van der Waals surface area (Å²) in [7, 11) is 0. The molecule has 1 aliphatic rings. The summed E-state index contributed by atoms with van der Waals surface area (Å²) in [5.74, 6) is 0. The molecule has 1 saturated heterocycles. The fraction of sp³-hybridized carbons (Fsp3) is 0.778. The van der Waals surface area contributed by atoms with E-state index in [0.717, 1.165) is 6.42 Å². The fourth-order valence-electron chi connectivity index (χ4n) is 0.969. The van der Waals surface area contributed by atoms with Gasteiger partial charge in [-0.05, 0) is 6.42 Å². The molecule has 0 aromatic carbocycles. The lowest BCUT2D eigenvalue weighted by Crippen LogP contribution is -2.17. The second-order valence-electron chi connectivity index (χ2n) is 3.02. The van der Waals surface area contributed by atoms with E-state index in [1.54, 1.807) is 0 Å². The summed E-state index contributed by atoms with van der Waals surface area (Å²) in [5, 5.41) is 8.44. The highest BCUT2D eigenvalue weighted by Gasteiger charge is 2.39. The summed E-state index contributed by atoms with van der Waals surface area (Å²) >= 11 is 0. The Labute approximate surface area is 83.2 Å². The van der Waals surface area contributed by atoms with Gasteiger partial charge in [-0.2, -0.15) is 5.26 Å². The van der Waals surface area contributed by atoms with Gasteiger partial charge in [0.05, 0.1) is 19.2 Å². The van der Waals surface area contributed by atoms with Crippen LogP contribution in [0.2, 0.25) is 0 Å². The minimum atomic E-state index is -0.420. The second kappa shape index (κ2) is 5.45. The summed E-state index contributed by atoms with van der Waals surface area (Å²) in [6.07, 6.45) is 0.535. The third-order valence-corrected chi connectivity index (χ3v) is 1.80. The van der Waals surface area contributed by atoms with Gasteiger partial charge in [-0.25, -0.2) is 4.79 Å². The van der Waals surface area contributed by atoms with Gasteiger partial charge >= 0.3 is 6.09 Å². The maximum absolute atomic E-state index is 11.1. The van der Waals surface area contributed by atoms with Crippen LogP contribution >= 0.6 is 0 Å². The first kappa shape index (κ1) is 10.8. The van der Waals surface area contributed by atoms with Crippen LogP contribution in [0.25, 0.3) is 0 Å². The Kier molecular flexibility index (Phi) is 4.20. The normalized spacial score (nSPS) is 18.9. The van der Waals surface area contributed by atoms with Gasteiger partial charge in [0.15, 0.2) is 0 Å². The molecular formula is C9H14N2O3. The van der Waals surface area contributed by atoms with Gasteiger partial charge in [0.2, 0.25) is 0 Å². The molecule has 14 heavy (non-hydrogen) atoms. The molecule has 1 unspecified atom stereocenters. The zero-order valence-corrected chi connectivity index (χ0v) is 8.23. The van der Waals surface area contributed by atoms with Crippen LogP contribution < -0.4 is 0 Å². The van der Waals surface area contributed by atoms with E-state index in [1.807, 2.05) is 13.0 Å². The number of nitrogens with zero attached hydrogens (tertiary/aromatic N) is 2. The highest BCUT2D eigenvalue weighted by atomic mass is 16.6.